The second-order valence-electron chi connectivity index (χ2n) is 6.47. The number of hydrogen-bond donors (Lipinski definition) is 1. The molecule has 144 valence electrons. The Morgan fingerprint density at radius 3 is 2.75 bits per heavy atom. The number of nitrogens with one attached hydrogen (secondary N) is 1. The Kier molecular flexibility index (Phi) is 5.16. The summed E-state index contributed by atoms with van der Waals surface area (Å²) in [6.07, 6.45) is 0.875. The number of carbonyl (C=O) groups is 1. The van der Waals surface area contributed by atoms with Crippen LogP contribution in [0.2, 0.25) is 0 Å². The van der Waals surface area contributed by atoms with Gasteiger partial charge in [-0.2, -0.15) is 0 Å². The summed E-state index contributed by atoms with van der Waals surface area (Å²) in [5.74, 6) is 1.32. The van der Waals surface area contributed by atoms with Crippen LogP contribution in [0.5, 0.6) is 11.5 Å². The quantitative estimate of drug-likeness (QED) is 0.705. The number of fused-ring (bicyclic) bond motifs is 1. The van der Waals surface area contributed by atoms with Gasteiger partial charge in [-0.3, -0.25) is 4.79 Å². The van der Waals surface area contributed by atoms with Gasteiger partial charge in [0.2, 0.25) is 0 Å². The minimum atomic E-state index is -0.0412. The zero-order valence-corrected chi connectivity index (χ0v) is 16.6. The van der Waals surface area contributed by atoms with E-state index in [0.29, 0.717) is 35.4 Å². The molecule has 4 rings (SSSR count). The summed E-state index contributed by atoms with van der Waals surface area (Å²) < 4.78 is 10.6. The van der Waals surface area contributed by atoms with E-state index in [0.717, 1.165) is 12.1 Å². The maximum absolute atomic E-state index is 12.9. The molecule has 6 nitrogen and oxygen atoms in total. The number of carbonyl (C=O) groups excluding carboxylic acids is 1. The average molecular weight is 395 g/mol. The first-order valence-electron chi connectivity index (χ1n) is 8.98. The van der Waals surface area contributed by atoms with E-state index in [9.17, 15) is 4.79 Å². The first-order chi connectivity index (χ1) is 13.7. The zero-order valence-electron chi connectivity index (χ0n) is 15.8. The standard InChI is InChI=1S/C21H21N3O3S/c1-26-16-7-8-17(19(11-16)27-2)22-21-23-18(13-28-21)20(25)24-10-9-14-5-3-4-6-15(14)12-24/h3-8,11,13H,9-10,12H2,1-2H3,(H,22,23). The predicted molar refractivity (Wildman–Crippen MR) is 110 cm³/mol. The molecule has 0 aliphatic carbocycles. The van der Waals surface area contributed by atoms with E-state index >= 15 is 0 Å². The summed E-state index contributed by atoms with van der Waals surface area (Å²) in [6, 6.07) is 13.8. The van der Waals surface area contributed by atoms with Crippen LogP contribution in [0.1, 0.15) is 21.6 Å². The minimum Gasteiger partial charge on any atom is -0.497 e. The van der Waals surface area contributed by atoms with Gasteiger partial charge in [0.25, 0.3) is 5.91 Å². The van der Waals surface area contributed by atoms with Gasteiger partial charge in [0.15, 0.2) is 5.13 Å². The molecule has 28 heavy (non-hydrogen) atoms. The Labute approximate surface area is 167 Å². The lowest BCUT2D eigenvalue weighted by atomic mass is 10.00. The van der Waals surface area contributed by atoms with Gasteiger partial charge in [0.05, 0.1) is 19.9 Å². The van der Waals surface area contributed by atoms with Crippen LogP contribution in [0.15, 0.2) is 47.8 Å². The van der Waals surface area contributed by atoms with Gasteiger partial charge in [0.1, 0.15) is 17.2 Å². The third-order valence-corrected chi connectivity index (χ3v) is 5.55. The van der Waals surface area contributed by atoms with Crippen molar-refractivity contribution in [3.8, 4) is 11.5 Å². The van der Waals surface area contributed by atoms with E-state index in [2.05, 4.69) is 22.4 Å². The highest BCUT2D eigenvalue weighted by Crippen LogP contribution is 2.32. The summed E-state index contributed by atoms with van der Waals surface area (Å²) in [5, 5.41) is 5.66. The third kappa shape index (κ3) is 3.66. The second kappa shape index (κ2) is 7.90. The third-order valence-electron chi connectivity index (χ3n) is 4.79. The molecule has 0 atom stereocenters. The molecule has 0 unspecified atom stereocenters. The monoisotopic (exact) mass is 395 g/mol. The van der Waals surface area contributed by atoms with Gasteiger partial charge in [-0.1, -0.05) is 24.3 Å². The van der Waals surface area contributed by atoms with E-state index in [1.807, 2.05) is 29.2 Å². The van der Waals surface area contributed by atoms with Crippen molar-refractivity contribution >= 4 is 28.1 Å². The molecule has 0 spiro atoms. The highest BCUT2D eigenvalue weighted by atomic mass is 32.1. The Balaban J connectivity index is 1.48. The Bertz CT molecular complexity index is 1000. The van der Waals surface area contributed by atoms with Crippen LogP contribution >= 0.6 is 11.3 Å². The summed E-state index contributed by atoms with van der Waals surface area (Å²) in [4.78, 5) is 19.2. The van der Waals surface area contributed by atoms with Crippen LogP contribution in [0.3, 0.4) is 0 Å². The topological polar surface area (TPSA) is 63.7 Å². The molecule has 3 aromatic rings. The maximum atomic E-state index is 12.9. The van der Waals surface area contributed by atoms with Crippen LogP contribution in [0.25, 0.3) is 0 Å². The van der Waals surface area contributed by atoms with E-state index < -0.39 is 0 Å². The van der Waals surface area contributed by atoms with Crippen molar-refractivity contribution in [2.24, 2.45) is 0 Å². The van der Waals surface area contributed by atoms with Gasteiger partial charge < -0.3 is 19.7 Å². The second-order valence-corrected chi connectivity index (χ2v) is 7.33. The molecule has 2 heterocycles. The lowest BCUT2D eigenvalue weighted by Crippen LogP contribution is -2.36. The van der Waals surface area contributed by atoms with Crippen LogP contribution in [0.4, 0.5) is 10.8 Å². The molecular weight excluding hydrogens is 374 g/mol. The maximum Gasteiger partial charge on any atom is 0.273 e. The number of benzene rings is 2. The molecule has 7 heteroatoms. The lowest BCUT2D eigenvalue weighted by molar-refractivity contribution is 0.0729. The molecule has 0 radical (unpaired) electrons. The lowest BCUT2D eigenvalue weighted by Gasteiger charge is -2.28. The van der Waals surface area contributed by atoms with Crippen molar-refractivity contribution in [2.45, 2.75) is 13.0 Å². The summed E-state index contributed by atoms with van der Waals surface area (Å²) in [7, 11) is 3.21. The Morgan fingerprint density at radius 2 is 1.96 bits per heavy atom. The van der Waals surface area contributed by atoms with Gasteiger partial charge in [-0.25, -0.2) is 4.98 Å². The molecule has 2 aromatic carbocycles. The van der Waals surface area contributed by atoms with Gasteiger partial charge in [-0.15, -0.1) is 11.3 Å². The van der Waals surface area contributed by atoms with Crippen molar-refractivity contribution in [2.75, 3.05) is 26.1 Å². The van der Waals surface area contributed by atoms with E-state index in [4.69, 9.17) is 9.47 Å². The number of thiazole rings is 1. The molecule has 0 saturated heterocycles. The van der Waals surface area contributed by atoms with Crippen LogP contribution in [-0.4, -0.2) is 36.6 Å². The fourth-order valence-corrected chi connectivity index (χ4v) is 3.97. The molecule has 1 N–H and O–H groups in total. The summed E-state index contributed by atoms with van der Waals surface area (Å²) in [5.41, 5.74) is 3.75. The molecule has 0 fully saturated rings. The van der Waals surface area contributed by atoms with Crippen molar-refractivity contribution in [3.05, 3.63) is 64.7 Å². The largest absolute Gasteiger partial charge is 0.497 e. The van der Waals surface area contributed by atoms with Gasteiger partial charge in [-0.05, 0) is 29.7 Å². The van der Waals surface area contributed by atoms with Crippen molar-refractivity contribution < 1.29 is 14.3 Å². The zero-order chi connectivity index (χ0) is 19.5. The molecule has 1 aliphatic rings. The van der Waals surface area contributed by atoms with E-state index in [1.165, 1.54) is 22.5 Å². The fraction of sp³-hybridized carbons (Fsp3) is 0.238. The molecule has 1 aromatic heterocycles. The fourth-order valence-electron chi connectivity index (χ4n) is 3.28. The summed E-state index contributed by atoms with van der Waals surface area (Å²) >= 11 is 1.39. The number of anilines is 2. The van der Waals surface area contributed by atoms with Crippen molar-refractivity contribution in [1.82, 2.24) is 9.88 Å². The number of nitrogens with zero attached hydrogens (tertiary/aromatic N) is 2. The minimum absolute atomic E-state index is 0.0412. The van der Waals surface area contributed by atoms with Gasteiger partial charge in [0, 0.05) is 24.5 Å². The number of rotatable bonds is 5. The highest BCUT2D eigenvalue weighted by molar-refractivity contribution is 7.14. The summed E-state index contributed by atoms with van der Waals surface area (Å²) in [6.45, 7) is 1.34. The number of hydrogen-bond acceptors (Lipinski definition) is 6. The smallest absolute Gasteiger partial charge is 0.273 e. The highest BCUT2D eigenvalue weighted by Gasteiger charge is 2.23. The SMILES string of the molecule is COc1ccc(Nc2nc(C(=O)N3CCc4ccccc4C3)cs2)c(OC)c1. The van der Waals surface area contributed by atoms with Crippen molar-refractivity contribution in [1.29, 1.82) is 0 Å². The molecule has 0 saturated carbocycles. The number of methoxy groups -OCH3 is 2. The van der Waals surface area contributed by atoms with E-state index in [1.54, 1.807) is 25.7 Å². The predicted octanol–water partition coefficient (Wildman–Crippen LogP) is 4.10. The normalized spacial score (nSPS) is 13.0. The molecule has 1 aliphatic heterocycles. The molecular formula is C21H21N3O3S. The van der Waals surface area contributed by atoms with Crippen LogP contribution < -0.4 is 14.8 Å². The Hall–Kier alpha value is -3.06. The molecule has 1 amide bonds. The van der Waals surface area contributed by atoms with E-state index in [-0.39, 0.29) is 5.91 Å². The van der Waals surface area contributed by atoms with Crippen LogP contribution in [-0.2, 0) is 13.0 Å². The molecule has 0 bridgehead atoms. The van der Waals surface area contributed by atoms with Crippen LogP contribution in [0, 0.1) is 0 Å². The average Bonchev–Trinajstić information content (AvgIpc) is 3.21. The first kappa shape index (κ1) is 18.3. The Morgan fingerprint density at radius 1 is 1.14 bits per heavy atom. The number of amides is 1. The number of aromatic nitrogens is 1. The number of ether oxygens (including phenoxy) is 2. The van der Waals surface area contributed by atoms with Gasteiger partial charge >= 0.3 is 0 Å². The first-order valence-corrected chi connectivity index (χ1v) is 9.86. The van der Waals surface area contributed by atoms with Crippen molar-refractivity contribution in [3.63, 3.8) is 0 Å².